The summed E-state index contributed by atoms with van der Waals surface area (Å²) in [6.07, 6.45) is 10.9. The molecule has 3 amide bonds. The van der Waals surface area contributed by atoms with Gasteiger partial charge in [0, 0.05) is 23.3 Å². The number of benzene rings is 1. The average molecular weight is 761 g/mol. The molecule has 1 saturated carbocycles. The Hall–Kier alpha value is -4.61. The van der Waals surface area contributed by atoms with E-state index in [0.717, 1.165) is 72.2 Å². The van der Waals surface area contributed by atoms with Crippen molar-refractivity contribution in [2.75, 3.05) is 20.3 Å². The Bertz CT molecular complexity index is 1770. The number of hydrogen-bond donors (Lipinski definition) is 2. The first-order valence-corrected chi connectivity index (χ1v) is 19.9. The number of likely N-dealkylation sites (tertiary alicyclic amines) is 1. The largest absolute Gasteiger partial charge is 0.497 e. The summed E-state index contributed by atoms with van der Waals surface area (Å²) in [5.74, 6) is 0.168. The lowest BCUT2D eigenvalue weighted by Gasteiger charge is -2.39. The van der Waals surface area contributed by atoms with Crippen LogP contribution in [0.15, 0.2) is 43.5 Å². The van der Waals surface area contributed by atoms with E-state index >= 15 is 0 Å². The van der Waals surface area contributed by atoms with E-state index in [4.69, 9.17) is 23.9 Å². The summed E-state index contributed by atoms with van der Waals surface area (Å²) >= 11 is 0. The molecule has 2 fully saturated rings. The standard InChI is InChI=1S/C43H60N4O8/c1-9-12-13-14-15-19-33(45-40(51)55-41(4,5)6)38(49)47-27-43(26-34(47)37(48)46-42(7,23-10-2)39(50)53-11-3)24-22-30-31-25-29(52-8)20-21-32(31)44-35(36(30)54-43)28-17-16-18-28/h9-10,20-21,25,28,33-34H,1-2,11-19,22-24,26-27H2,3-8H3,(H,45,51)(H,46,48). The highest BCUT2D eigenvalue weighted by atomic mass is 16.6. The smallest absolute Gasteiger partial charge is 0.408 e. The van der Waals surface area contributed by atoms with Crippen LogP contribution in [0.4, 0.5) is 4.79 Å². The van der Waals surface area contributed by atoms with E-state index in [0.29, 0.717) is 25.7 Å². The number of carbonyl (C=O) groups is 4. The summed E-state index contributed by atoms with van der Waals surface area (Å²) in [6, 6.07) is 3.91. The Morgan fingerprint density at radius 1 is 1.11 bits per heavy atom. The van der Waals surface area contributed by atoms with Gasteiger partial charge in [-0.1, -0.05) is 31.4 Å². The molecule has 4 atom stereocenters. The van der Waals surface area contributed by atoms with Crippen LogP contribution in [0.5, 0.6) is 11.5 Å². The molecule has 1 aromatic heterocycles. The summed E-state index contributed by atoms with van der Waals surface area (Å²) in [4.78, 5) is 62.4. The van der Waals surface area contributed by atoms with Crippen LogP contribution in [-0.2, 0) is 30.3 Å². The number of esters is 1. The van der Waals surface area contributed by atoms with Crippen molar-refractivity contribution in [1.82, 2.24) is 20.5 Å². The molecule has 3 aliphatic rings. The van der Waals surface area contributed by atoms with Crippen molar-refractivity contribution >= 4 is 34.8 Å². The van der Waals surface area contributed by atoms with Crippen molar-refractivity contribution in [3.63, 3.8) is 0 Å². The number of alkyl carbamates (subject to hydrolysis) is 1. The molecular formula is C43H60N4O8. The lowest BCUT2D eigenvalue weighted by molar-refractivity contribution is -0.153. The van der Waals surface area contributed by atoms with Crippen molar-refractivity contribution < 1.29 is 38.1 Å². The molecule has 1 saturated heterocycles. The van der Waals surface area contributed by atoms with E-state index < -0.39 is 52.7 Å². The topological polar surface area (TPSA) is 145 Å². The maximum atomic E-state index is 14.8. The first-order valence-electron chi connectivity index (χ1n) is 19.9. The van der Waals surface area contributed by atoms with Gasteiger partial charge in [0.25, 0.3) is 0 Å². The van der Waals surface area contributed by atoms with Crippen molar-refractivity contribution in [3.8, 4) is 11.5 Å². The van der Waals surface area contributed by atoms with E-state index in [2.05, 4.69) is 23.8 Å². The number of amides is 3. The number of pyridine rings is 1. The van der Waals surface area contributed by atoms with Gasteiger partial charge < -0.3 is 34.5 Å². The molecule has 0 radical (unpaired) electrons. The highest BCUT2D eigenvalue weighted by Gasteiger charge is 2.54. The molecule has 2 N–H and O–H groups in total. The molecule has 12 heteroatoms. The molecule has 0 bridgehead atoms. The first kappa shape index (κ1) is 41.6. The zero-order valence-corrected chi connectivity index (χ0v) is 33.6. The molecular weight excluding hydrogens is 700 g/mol. The number of hydrogen-bond acceptors (Lipinski definition) is 9. The second-order valence-corrected chi connectivity index (χ2v) is 16.4. The predicted molar refractivity (Wildman–Crippen MR) is 211 cm³/mol. The second-order valence-electron chi connectivity index (χ2n) is 16.4. The van der Waals surface area contributed by atoms with Crippen LogP contribution in [0.1, 0.15) is 122 Å². The fourth-order valence-electron chi connectivity index (χ4n) is 7.89. The second kappa shape index (κ2) is 17.5. The monoisotopic (exact) mass is 760 g/mol. The summed E-state index contributed by atoms with van der Waals surface area (Å²) < 4.78 is 23.6. The van der Waals surface area contributed by atoms with Gasteiger partial charge in [-0.15, -0.1) is 13.2 Å². The summed E-state index contributed by atoms with van der Waals surface area (Å²) in [6.45, 7) is 16.4. The number of nitrogens with zero attached hydrogens (tertiary/aromatic N) is 2. The lowest BCUT2D eigenvalue weighted by Crippen LogP contribution is -2.59. The Morgan fingerprint density at radius 3 is 2.51 bits per heavy atom. The van der Waals surface area contributed by atoms with Crippen LogP contribution in [0.3, 0.4) is 0 Å². The van der Waals surface area contributed by atoms with Gasteiger partial charge in [0.2, 0.25) is 11.8 Å². The number of allylic oxidation sites excluding steroid dienone is 1. The molecule has 4 unspecified atom stereocenters. The number of methoxy groups -OCH3 is 1. The Labute approximate surface area is 325 Å². The number of carbonyl (C=O) groups excluding carboxylic acids is 4. The molecule has 5 rings (SSSR count). The van der Waals surface area contributed by atoms with E-state index in [1.807, 2.05) is 24.3 Å². The minimum Gasteiger partial charge on any atom is -0.497 e. The van der Waals surface area contributed by atoms with E-state index in [1.165, 1.54) is 4.90 Å². The number of nitrogens with one attached hydrogen (secondary N) is 2. The summed E-state index contributed by atoms with van der Waals surface area (Å²) in [5, 5.41) is 6.71. The van der Waals surface area contributed by atoms with Crippen LogP contribution >= 0.6 is 0 Å². The van der Waals surface area contributed by atoms with E-state index in [9.17, 15) is 19.2 Å². The van der Waals surface area contributed by atoms with E-state index in [-0.39, 0.29) is 31.9 Å². The van der Waals surface area contributed by atoms with Crippen LogP contribution in [0.2, 0.25) is 0 Å². The van der Waals surface area contributed by atoms with E-state index in [1.54, 1.807) is 47.8 Å². The molecule has 300 valence electrons. The minimum absolute atomic E-state index is 0.101. The quantitative estimate of drug-likeness (QED) is 0.103. The van der Waals surface area contributed by atoms with Crippen LogP contribution in [0, 0.1) is 0 Å². The minimum atomic E-state index is -1.42. The van der Waals surface area contributed by atoms with Crippen LogP contribution < -0.4 is 20.1 Å². The normalized spacial score (nSPS) is 21.0. The molecule has 1 aromatic carbocycles. The van der Waals surface area contributed by atoms with Crippen molar-refractivity contribution in [2.24, 2.45) is 0 Å². The zero-order valence-electron chi connectivity index (χ0n) is 33.6. The maximum Gasteiger partial charge on any atom is 0.408 e. The third kappa shape index (κ3) is 9.62. The summed E-state index contributed by atoms with van der Waals surface area (Å²) in [7, 11) is 1.64. The Morgan fingerprint density at radius 2 is 1.87 bits per heavy atom. The molecule has 55 heavy (non-hydrogen) atoms. The fraction of sp³-hybridized carbons (Fsp3) is 0.605. The summed E-state index contributed by atoms with van der Waals surface area (Å²) in [5.41, 5.74) is -0.297. The molecule has 12 nitrogen and oxygen atoms in total. The van der Waals surface area contributed by atoms with Gasteiger partial charge in [-0.2, -0.15) is 0 Å². The van der Waals surface area contributed by atoms with Crippen molar-refractivity contribution in [2.45, 2.75) is 146 Å². The van der Waals surface area contributed by atoms with Crippen LogP contribution in [-0.4, -0.2) is 82.8 Å². The van der Waals surface area contributed by atoms with Crippen molar-refractivity contribution in [1.29, 1.82) is 0 Å². The zero-order chi connectivity index (χ0) is 40.0. The average Bonchev–Trinajstić information content (AvgIpc) is 3.48. The van der Waals surface area contributed by atoms with Gasteiger partial charge >= 0.3 is 12.1 Å². The third-order valence-corrected chi connectivity index (χ3v) is 11.0. The Balaban J connectivity index is 1.53. The van der Waals surface area contributed by atoms with Crippen molar-refractivity contribution in [3.05, 3.63) is 54.8 Å². The number of ether oxygens (including phenoxy) is 4. The highest BCUT2D eigenvalue weighted by Crippen LogP contribution is 2.49. The lowest BCUT2D eigenvalue weighted by atomic mass is 9.79. The SMILES string of the molecule is C=CCCCCCC(NC(=O)OC(C)(C)C)C(=O)N1CC2(CCc3c(c(C4CCC4)nc4ccc(OC)cc34)O2)CC1C(=O)NC(C)(CC=C)C(=O)OCC. The first-order chi connectivity index (χ1) is 26.2. The van der Waals surface area contributed by atoms with Gasteiger partial charge in [-0.3, -0.25) is 9.59 Å². The maximum absolute atomic E-state index is 14.8. The molecule has 2 aromatic rings. The number of fused-ring (bicyclic) bond motifs is 3. The van der Waals surface area contributed by atoms with Crippen LogP contribution in [0.25, 0.3) is 10.9 Å². The number of rotatable bonds is 16. The van der Waals surface area contributed by atoms with Gasteiger partial charge in [0.1, 0.15) is 40.3 Å². The molecule has 1 spiro atoms. The van der Waals surface area contributed by atoms with Gasteiger partial charge in [0.15, 0.2) is 0 Å². The number of unbranched alkanes of at least 4 members (excludes halogenated alkanes) is 3. The number of aromatic nitrogens is 1. The third-order valence-electron chi connectivity index (χ3n) is 11.0. The molecule has 2 aliphatic heterocycles. The number of aryl methyl sites for hydroxylation is 1. The fourth-order valence-corrected chi connectivity index (χ4v) is 7.89. The Kier molecular flexibility index (Phi) is 13.2. The predicted octanol–water partition coefficient (Wildman–Crippen LogP) is 7.22. The highest BCUT2D eigenvalue weighted by molar-refractivity contribution is 5.95. The molecule has 1 aliphatic carbocycles. The van der Waals surface area contributed by atoms with Gasteiger partial charge in [0.05, 0.1) is 31.5 Å². The van der Waals surface area contributed by atoms with Gasteiger partial charge in [-0.05, 0) is 104 Å². The molecule has 3 heterocycles. The van der Waals surface area contributed by atoms with Gasteiger partial charge in [-0.25, -0.2) is 14.6 Å².